The molecule has 2 aliphatic heterocycles. The van der Waals surface area contributed by atoms with Gasteiger partial charge in [0.1, 0.15) is 0 Å². The Morgan fingerprint density at radius 2 is 2.00 bits per heavy atom. The minimum atomic E-state index is 0.289. The molecule has 0 aliphatic carbocycles. The summed E-state index contributed by atoms with van der Waals surface area (Å²) < 4.78 is 5.33. The third-order valence-electron chi connectivity index (χ3n) is 5.70. The number of carbonyl (C=O) groups is 1. The largest absolute Gasteiger partial charge is 0.378 e. The Labute approximate surface area is 165 Å². The van der Waals surface area contributed by atoms with Gasteiger partial charge in [-0.1, -0.05) is 24.3 Å². The van der Waals surface area contributed by atoms with Gasteiger partial charge < -0.3 is 9.64 Å². The lowest BCUT2D eigenvalue weighted by molar-refractivity contribution is -0.135. The van der Waals surface area contributed by atoms with Crippen LogP contribution in [0, 0.1) is 5.92 Å². The molecule has 1 atom stereocenters. The van der Waals surface area contributed by atoms with Crippen molar-refractivity contribution in [2.24, 2.45) is 5.92 Å². The summed E-state index contributed by atoms with van der Waals surface area (Å²) in [6.45, 7) is 5.98. The number of aromatic amines is 1. The number of piperidine rings is 1. The van der Waals surface area contributed by atoms with Crippen molar-refractivity contribution in [1.29, 1.82) is 0 Å². The van der Waals surface area contributed by atoms with E-state index in [9.17, 15) is 4.79 Å². The van der Waals surface area contributed by atoms with Gasteiger partial charge >= 0.3 is 0 Å². The maximum atomic E-state index is 12.4. The average Bonchev–Trinajstić information content (AvgIpc) is 3.28. The number of benzene rings is 1. The molecule has 8 nitrogen and oxygen atoms in total. The first-order chi connectivity index (χ1) is 13.8. The van der Waals surface area contributed by atoms with Crippen molar-refractivity contribution in [2.45, 2.75) is 32.2 Å². The summed E-state index contributed by atoms with van der Waals surface area (Å²) in [4.78, 5) is 16.8. The van der Waals surface area contributed by atoms with Crippen LogP contribution in [-0.4, -0.2) is 75.7 Å². The van der Waals surface area contributed by atoms with Gasteiger partial charge in [-0.2, -0.15) is 5.21 Å². The number of aromatic nitrogens is 4. The van der Waals surface area contributed by atoms with Gasteiger partial charge in [0.25, 0.3) is 0 Å². The van der Waals surface area contributed by atoms with Crippen LogP contribution in [0.2, 0.25) is 0 Å². The second kappa shape index (κ2) is 9.25. The third kappa shape index (κ3) is 4.94. The third-order valence-corrected chi connectivity index (χ3v) is 5.70. The van der Waals surface area contributed by atoms with E-state index in [0.717, 1.165) is 44.7 Å². The van der Waals surface area contributed by atoms with E-state index >= 15 is 0 Å². The van der Waals surface area contributed by atoms with Gasteiger partial charge in [-0.05, 0) is 42.5 Å². The van der Waals surface area contributed by atoms with Crippen LogP contribution >= 0.6 is 0 Å². The summed E-state index contributed by atoms with van der Waals surface area (Å²) in [5.41, 5.74) is 2.26. The summed E-state index contributed by atoms with van der Waals surface area (Å²) >= 11 is 0. The SMILES string of the molecule is O=C(CCC1CCCN(Cc2ccc(-c3nn[nH]n3)cc2)C1)N1CCOCC1. The van der Waals surface area contributed by atoms with Crippen LogP contribution in [0.15, 0.2) is 24.3 Å². The molecule has 150 valence electrons. The number of tetrazole rings is 1. The molecule has 1 aromatic carbocycles. The Bertz CT molecular complexity index is 743. The van der Waals surface area contributed by atoms with Crippen molar-refractivity contribution >= 4 is 5.91 Å². The first-order valence-electron chi connectivity index (χ1n) is 10.2. The fraction of sp³-hybridized carbons (Fsp3) is 0.600. The lowest BCUT2D eigenvalue weighted by Crippen LogP contribution is -2.41. The van der Waals surface area contributed by atoms with Crippen molar-refractivity contribution in [3.63, 3.8) is 0 Å². The molecule has 1 amide bonds. The van der Waals surface area contributed by atoms with Gasteiger partial charge in [0.15, 0.2) is 0 Å². The van der Waals surface area contributed by atoms with Crippen LogP contribution in [0.4, 0.5) is 0 Å². The van der Waals surface area contributed by atoms with Crippen LogP contribution in [0.25, 0.3) is 11.4 Å². The van der Waals surface area contributed by atoms with Crippen LogP contribution in [0.5, 0.6) is 0 Å². The molecule has 0 saturated carbocycles. The predicted molar refractivity (Wildman–Crippen MR) is 104 cm³/mol. The molecule has 1 aromatic heterocycles. The number of hydrogen-bond donors (Lipinski definition) is 1. The standard InChI is InChI=1S/C20H28N6O2/c27-19(26-10-12-28-13-11-26)8-5-16-2-1-9-25(14-16)15-17-3-6-18(7-4-17)20-21-23-24-22-20/h3-4,6-7,16H,1-2,5,8-15H2,(H,21,22,23,24). The number of nitrogens with one attached hydrogen (secondary N) is 1. The number of likely N-dealkylation sites (tertiary alicyclic amines) is 1. The van der Waals surface area contributed by atoms with Crippen LogP contribution in [-0.2, 0) is 16.1 Å². The van der Waals surface area contributed by atoms with E-state index in [4.69, 9.17) is 4.74 Å². The van der Waals surface area contributed by atoms with Crippen LogP contribution < -0.4 is 0 Å². The predicted octanol–water partition coefficient (Wildman–Crippen LogP) is 1.72. The Hall–Kier alpha value is -2.32. The van der Waals surface area contributed by atoms with Crippen molar-refractivity contribution < 1.29 is 9.53 Å². The lowest BCUT2D eigenvalue weighted by Gasteiger charge is -2.33. The van der Waals surface area contributed by atoms with Crippen molar-refractivity contribution in [2.75, 3.05) is 39.4 Å². The number of hydrogen-bond acceptors (Lipinski definition) is 6. The molecule has 1 unspecified atom stereocenters. The highest BCUT2D eigenvalue weighted by Gasteiger charge is 2.23. The number of ether oxygens (including phenoxy) is 1. The Morgan fingerprint density at radius 3 is 2.75 bits per heavy atom. The Balaban J connectivity index is 1.25. The minimum absolute atomic E-state index is 0.289. The summed E-state index contributed by atoms with van der Waals surface area (Å²) in [7, 11) is 0. The first kappa shape index (κ1) is 19.0. The van der Waals surface area contributed by atoms with Gasteiger partial charge in [0.2, 0.25) is 11.7 Å². The maximum absolute atomic E-state index is 12.4. The fourth-order valence-electron chi connectivity index (χ4n) is 4.13. The molecule has 28 heavy (non-hydrogen) atoms. The quantitative estimate of drug-likeness (QED) is 0.816. The van der Waals surface area contributed by atoms with Gasteiger partial charge in [-0.15, -0.1) is 10.2 Å². The minimum Gasteiger partial charge on any atom is -0.378 e. The molecule has 1 N–H and O–H groups in total. The van der Waals surface area contributed by atoms with Crippen LogP contribution in [0.1, 0.15) is 31.2 Å². The topological polar surface area (TPSA) is 87.2 Å². The zero-order chi connectivity index (χ0) is 19.2. The van der Waals surface area contributed by atoms with E-state index in [0.29, 0.717) is 31.4 Å². The molecule has 4 rings (SSSR count). The zero-order valence-electron chi connectivity index (χ0n) is 16.2. The van der Waals surface area contributed by atoms with Crippen molar-refractivity contribution in [3.8, 4) is 11.4 Å². The maximum Gasteiger partial charge on any atom is 0.222 e. The first-order valence-corrected chi connectivity index (χ1v) is 10.2. The molecule has 2 saturated heterocycles. The van der Waals surface area contributed by atoms with Gasteiger partial charge in [0.05, 0.1) is 13.2 Å². The van der Waals surface area contributed by atoms with E-state index in [1.54, 1.807) is 0 Å². The molecular formula is C20H28N6O2. The molecule has 2 aliphatic rings. The summed E-state index contributed by atoms with van der Waals surface area (Å²) in [6, 6.07) is 8.36. The molecule has 0 radical (unpaired) electrons. The van der Waals surface area contributed by atoms with Gasteiger partial charge in [0, 0.05) is 38.2 Å². The highest BCUT2D eigenvalue weighted by molar-refractivity contribution is 5.76. The van der Waals surface area contributed by atoms with Crippen LogP contribution in [0.3, 0.4) is 0 Å². The number of morpholine rings is 1. The van der Waals surface area contributed by atoms with E-state index in [-0.39, 0.29) is 5.91 Å². The van der Waals surface area contributed by atoms with Crippen molar-refractivity contribution in [1.82, 2.24) is 30.4 Å². The van der Waals surface area contributed by atoms with E-state index in [2.05, 4.69) is 37.7 Å². The smallest absolute Gasteiger partial charge is 0.222 e. The second-order valence-corrected chi connectivity index (χ2v) is 7.71. The Kier molecular flexibility index (Phi) is 6.28. The molecule has 8 heteroatoms. The second-order valence-electron chi connectivity index (χ2n) is 7.71. The number of carbonyl (C=O) groups excluding carboxylic acids is 1. The normalized spacial score (nSPS) is 21.0. The molecule has 2 aromatic rings. The molecular weight excluding hydrogens is 356 g/mol. The molecule has 3 heterocycles. The van der Waals surface area contributed by atoms with E-state index < -0.39 is 0 Å². The molecule has 0 spiro atoms. The summed E-state index contributed by atoms with van der Waals surface area (Å²) in [5, 5.41) is 14.1. The zero-order valence-corrected chi connectivity index (χ0v) is 16.2. The number of H-pyrrole nitrogens is 1. The van der Waals surface area contributed by atoms with Gasteiger partial charge in [-0.25, -0.2) is 0 Å². The summed E-state index contributed by atoms with van der Waals surface area (Å²) in [6.07, 6.45) is 4.09. The number of nitrogens with zero attached hydrogens (tertiary/aromatic N) is 5. The average molecular weight is 384 g/mol. The van der Waals surface area contributed by atoms with E-state index in [1.807, 2.05) is 17.0 Å². The molecule has 2 fully saturated rings. The van der Waals surface area contributed by atoms with Gasteiger partial charge in [-0.3, -0.25) is 9.69 Å². The number of rotatable bonds is 6. The summed E-state index contributed by atoms with van der Waals surface area (Å²) in [5.74, 6) is 1.52. The monoisotopic (exact) mass is 384 g/mol. The highest BCUT2D eigenvalue weighted by atomic mass is 16.5. The fourth-order valence-corrected chi connectivity index (χ4v) is 4.13. The lowest BCUT2D eigenvalue weighted by atomic mass is 9.92. The molecule has 0 bridgehead atoms. The number of amides is 1. The van der Waals surface area contributed by atoms with Crippen molar-refractivity contribution in [3.05, 3.63) is 29.8 Å². The highest BCUT2D eigenvalue weighted by Crippen LogP contribution is 2.23. The Morgan fingerprint density at radius 1 is 1.18 bits per heavy atom. The van der Waals surface area contributed by atoms with E-state index in [1.165, 1.54) is 18.4 Å².